The van der Waals surface area contributed by atoms with Crippen molar-refractivity contribution in [3.63, 3.8) is 0 Å². The van der Waals surface area contributed by atoms with Crippen LogP contribution in [0.3, 0.4) is 0 Å². The largest absolute Gasteiger partial charge is 0.481 e. The van der Waals surface area contributed by atoms with Gasteiger partial charge in [0.05, 0.1) is 0 Å². The smallest absolute Gasteiger partial charge is 0.258 e. The molecule has 0 aromatic heterocycles. The van der Waals surface area contributed by atoms with Gasteiger partial charge in [0.25, 0.3) is 5.91 Å². The van der Waals surface area contributed by atoms with Gasteiger partial charge in [-0.2, -0.15) is 0 Å². The highest BCUT2D eigenvalue weighted by molar-refractivity contribution is 5.79. The van der Waals surface area contributed by atoms with Crippen molar-refractivity contribution < 1.29 is 14.3 Å². The van der Waals surface area contributed by atoms with Gasteiger partial charge in [-0.3, -0.25) is 9.59 Å². The second-order valence-corrected chi connectivity index (χ2v) is 2.85. The molecule has 0 saturated heterocycles. The predicted molar refractivity (Wildman–Crippen MR) is 51.1 cm³/mol. The van der Waals surface area contributed by atoms with E-state index < -0.39 is 12.0 Å². The van der Waals surface area contributed by atoms with Crippen LogP contribution in [0.25, 0.3) is 0 Å². The van der Waals surface area contributed by atoms with Crippen LogP contribution in [0.4, 0.5) is 0 Å². The molecule has 1 rings (SSSR count). The highest BCUT2D eigenvalue weighted by atomic mass is 16.5. The summed E-state index contributed by atoms with van der Waals surface area (Å²) in [5, 5.41) is 0. The minimum atomic E-state index is -0.697. The van der Waals surface area contributed by atoms with E-state index in [1.54, 1.807) is 31.2 Å². The molecule has 0 spiro atoms. The Balaban J connectivity index is 2.76. The Morgan fingerprint density at radius 2 is 2.29 bits per heavy atom. The van der Waals surface area contributed by atoms with Crippen LogP contribution >= 0.6 is 0 Å². The zero-order valence-electron chi connectivity index (χ0n) is 7.77. The van der Waals surface area contributed by atoms with Crippen molar-refractivity contribution >= 4 is 12.2 Å². The number of benzene rings is 1. The van der Waals surface area contributed by atoms with Crippen LogP contribution in [0, 0.1) is 0 Å². The van der Waals surface area contributed by atoms with E-state index in [9.17, 15) is 9.59 Å². The highest BCUT2D eigenvalue weighted by Crippen LogP contribution is 2.13. The average molecular weight is 193 g/mol. The minimum absolute atomic E-state index is 0.459. The first kappa shape index (κ1) is 10.2. The molecule has 1 aromatic carbocycles. The van der Waals surface area contributed by atoms with Gasteiger partial charge in [-0.15, -0.1) is 0 Å². The van der Waals surface area contributed by atoms with Crippen molar-refractivity contribution in [2.24, 2.45) is 5.73 Å². The predicted octanol–water partition coefficient (Wildman–Crippen LogP) is 0.752. The summed E-state index contributed by atoms with van der Waals surface area (Å²) >= 11 is 0. The minimum Gasteiger partial charge on any atom is -0.481 e. The number of hydrogen-bond acceptors (Lipinski definition) is 3. The molecule has 4 nitrogen and oxygen atoms in total. The summed E-state index contributed by atoms with van der Waals surface area (Å²) in [6.45, 7) is 1.55. The van der Waals surface area contributed by atoms with Crippen molar-refractivity contribution in [2.45, 2.75) is 13.0 Å². The fourth-order valence-electron chi connectivity index (χ4n) is 0.923. The first-order valence-corrected chi connectivity index (χ1v) is 4.14. The van der Waals surface area contributed by atoms with E-state index in [-0.39, 0.29) is 0 Å². The third-order valence-electron chi connectivity index (χ3n) is 1.71. The normalized spacial score (nSPS) is 11.8. The Morgan fingerprint density at radius 3 is 2.86 bits per heavy atom. The summed E-state index contributed by atoms with van der Waals surface area (Å²) in [5.74, 6) is -0.0811. The molecule has 1 aromatic rings. The Kier molecular flexibility index (Phi) is 3.23. The zero-order valence-corrected chi connectivity index (χ0v) is 7.77. The van der Waals surface area contributed by atoms with Crippen molar-refractivity contribution in [1.29, 1.82) is 0 Å². The number of carbonyl (C=O) groups excluding carboxylic acids is 2. The summed E-state index contributed by atoms with van der Waals surface area (Å²) in [4.78, 5) is 21.1. The molecular formula is C10H11NO3. The SMILES string of the molecule is C[C@H](Oc1cccc(C=O)c1)C(N)=O. The van der Waals surface area contributed by atoms with Crippen molar-refractivity contribution in [3.8, 4) is 5.75 Å². The van der Waals surface area contributed by atoms with Crippen LogP contribution in [-0.2, 0) is 4.79 Å². The van der Waals surface area contributed by atoms with Crippen molar-refractivity contribution in [2.75, 3.05) is 0 Å². The van der Waals surface area contributed by atoms with Gasteiger partial charge in [-0.1, -0.05) is 12.1 Å². The molecular weight excluding hydrogens is 182 g/mol. The summed E-state index contributed by atoms with van der Waals surface area (Å²) < 4.78 is 5.18. The van der Waals surface area contributed by atoms with E-state index in [4.69, 9.17) is 10.5 Å². The van der Waals surface area contributed by atoms with E-state index in [2.05, 4.69) is 0 Å². The van der Waals surface area contributed by atoms with E-state index in [1.165, 1.54) is 0 Å². The van der Waals surface area contributed by atoms with Crippen LogP contribution in [0.2, 0.25) is 0 Å². The number of rotatable bonds is 4. The average Bonchev–Trinajstić information content (AvgIpc) is 2.18. The standard InChI is InChI=1S/C10H11NO3/c1-7(10(11)13)14-9-4-2-3-8(5-9)6-12/h2-7H,1H3,(H2,11,13)/t7-/m0/s1. The lowest BCUT2D eigenvalue weighted by Gasteiger charge is -2.10. The van der Waals surface area contributed by atoms with Crippen LogP contribution in [-0.4, -0.2) is 18.3 Å². The molecule has 0 fully saturated rings. The van der Waals surface area contributed by atoms with Gasteiger partial charge < -0.3 is 10.5 Å². The fourth-order valence-corrected chi connectivity index (χ4v) is 0.923. The van der Waals surface area contributed by atoms with Gasteiger partial charge in [0, 0.05) is 5.56 Å². The van der Waals surface area contributed by atoms with E-state index in [0.29, 0.717) is 17.6 Å². The number of amides is 1. The van der Waals surface area contributed by atoms with Crippen molar-refractivity contribution in [1.82, 2.24) is 0 Å². The Bertz CT molecular complexity index is 349. The molecule has 0 bridgehead atoms. The number of carbonyl (C=O) groups is 2. The molecule has 1 atom stereocenters. The Labute approximate surface area is 81.7 Å². The molecule has 0 aliphatic heterocycles. The van der Waals surface area contributed by atoms with Gasteiger partial charge in [-0.05, 0) is 19.1 Å². The van der Waals surface area contributed by atoms with Gasteiger partial charge in [-0.25, -0.2) is 0 Å². The maximum absolute atomic E-state index is 10.7. The van der Waals surface area contributed by atoms with Crippen LogP contribution in [0.5, 0.6) is 5.75 Å². The molecule has 0 unspecified atom stereocenters. The number of nitrogens with two attached hydrogens (primary N) is 1. The molecule has 0 aliphatic carbocycles. The molecule has 2 N–H and O–H groups in total. The highest BCUT2D eigenvalue weighted by Gasteiger charge is 2.09. The maximum Gasteiger partial charge on any atom is 0.258 e. The first-order valence-electron chi connectivity index (χ1n) is 4.14. The monoisotopic (exact) mass is 193 g/mol. The van der Waals surface area contributed by atoms with Gasteiger partial charge in [0.1, 0.15) is 12.0 Å². The number of aldehydes is 1. The topological polar surface area (TPSA) is 69.4 Å². The van der Waals surface area contributed by atoms with Gasteiger partial charge in [0.2, 0.25) is 0 Å². The molecule has 0 heterocycles. The molecule has 1 amide bonds. The Hall–Kier alpha value is -1.84. The summed E-state index contributed by atoms with van der Waals surface area (Å²) in [6.07, 6.45) is 0.0128. The lowest BCUT2D eigenvalue weighted by molar-refractivity contribution is -0.123. The third-order valence-corrected chi connectivity index (χ3v) is 1.71. The second kappa shape index (κ2) is 4.41. The lowest BCUT2D eigenvalue weighted by Crippen LogP contribution is -2.30. The van der Waals surface area contributed by atoms with Gasteiger partial charge >= 0.3 is 0 Å². The molecule has 14 heavy (non-hydrogen) atoms. The van der Waals surface area contributed by atoms with Crippen LogP contribution in [0.15, 0.2) is 24.3 Å². The van der Waals surface area contributed by atoms with Gasteiger partial charge in [0.15, 0.2) is 6.10 Å². The van der Waals surface area contributed by atoms with Crippen LogP contribution < -0.4 is 10.5 Å². The summed E-state index contributed by atoms with van der Waals surface area (Å²) in [5.41, 5.74) is 5.52. The van der Waals surface area contributed by atoms with E-state index in [1.807, 2.05) is 0 Å². The number of primary amides is 1. The third kappa shape index (κ3) is 2.58. The second-order valence-electron chi connectivity index (χ2n) is 2.85. The number of ether oxygens (including phenoxy) is 1. The zero-order chi connectivity index (χ0) is 10.6. The number of hydrogen-bond donors (Lipinski definition) is 1. The summed E-state index contributed by atoms with van der Waals surface area (Å²) in [6, 6.07) is 6.53. The molecule has 0 saturated carbocycles. The summed E-state index contributed by atoms with van der Waals surface area (Å²) in [7, 11) is 0. The molecule has 0 aliphatic rings. The van der Waals surface area contributed by atoms with Crippen LogP contribution in [0.1, 0.15) is 17.3 Å². The maximum atomic E-state index is 10.7. The molecule has 74 valence electrons. The fraction of sp³-hybridized carbons (Fsp3) is 0.200. The first-order chi connectivity index (χ1) is 6.63. The van der Waals surface area contributed by atoms with Crippen molar-refractivity contribution in [3.05, 3.63) is 29.8 Å². The van der Waals surface area contributed by atoms with E-state index in [0.717, 1.165) is 0 Å². The quantitative estimate of drug-likeness (QED) is 0.717. The molecule has 0 radical (unpaired) electrons. The molecule has 4 heteroatoms. The Morgan fingerprint density at radius 1 is 1.57 bits per heavy atom. The van der Waals surface area contributed by atoms with E-state index >= 15 is 0 Å². The lowest BCUT2D eigenvalue weighted by atomic mass is 10.2.